The number of nitrogens with one attached hydrogen (secondary N) is 1. The molecule has 1 N–H and O–H groups in total. The van der Waals surface area contributed by atoms with Crippen molar-refractivity contribution in [2.75, 3.05) is 78.0 Å². The zero-order valence-electron chi connectivity index (χ0n) is 23.0. The summed E-state index contributed by atoms with van der Waals surface area (Å²) in [5, 5.41) is 6.03. The van der Waals surface area contributed by atoms with E-state index in [-0.39, 0.29) is 0 Å². The van der Waals surface area contributed by atoms with E-state index in [4.69, 9.17) is 13.9 Å². The second-order valence-electron chi connectivity index (χ2n) is 11.3. The minimum absolute atomic E-state index is 0.739. The standard InChI is InChI=1S/C31H41N4O3/c1-33-27-10-5-4-9-25(27)29(32-13-8-14-34-15-20-36-21-16-34)31-30(33)26-23-24(11-12-28(26)38-31)37-22-19-35(2)17-6-3-7-18-35/h4-5,9-12,23H,3,6-8,13-22H2,1-2H3/q+1/p+1. The first-order valence-corrected chi connectivity index (χ1v) is 14.4. The Bertz CT molecular complexity index is 1400. The van der Waals surface area contributed by atoms with Gasteiger partial charge in [0.25, 0.3) is 5.52 Å². The highest BCUT2D eigenvalue weighted by atomic mass is 16.5. The van der Waals surface area contributed by atoms with E-state index in [2.05, 4.69) is 71.3 Å². The summed E-state index contributed by atoms with van der Waals surface area (Å²) in [6.45, 7) is 10.0. The molecule has 2 aliphatic heterocycles. The highest BCUT2D eigenvalue weighted by Crippen LogP contribution is 2.37. The maximum atomic E-state index is 6.52. The molecule has 0 amide bonds. The Labute approximate surface area is 225 Å². The van der Waals surface area contributed by atoms with Crippen molar-refractivity contribution in [2.24, 2.45) is 7.05 Å². The van der Waals surface area contributed by atoms with E-state index < -0.39 is 0 Å². The quantitative estimate of drug-likeness (QED) is 0.198. The van der Waals surface area contributed by atoms with Gasteiger partial charge in [0.15, 0.2) is 0 Å². The van der Waals surface area contributed by atoms with Crippen molar-refractivity contribution in [2.45, 2.75) is 25.7 Å². The number of ether oxygens (including phenoxy) is 2. The summed E-state index contributed by atoms with van der Waals surface area (Å²) >= 11 is 0. The number of nitrogens with zero attached hydrogens (tertiary/aromatic N) is 3. The molecule has 2 fully saturated rings. The number of likely N-dealkylation sites (tertiary alicyclic amines) is 1. The Morgan fingerprint density at radius 2 is 1.84 bits per heavy atom. The van der Waals surface area contributed by atoms with Crippen LogP contribution in [0.5, 0.6) is 5.75 Å². The van der Waals surface area contributed by atoms with Crippen LogP contribution in [0.3, 0.4) is 0 Å². The lowest BCUT2D eigenvalue weighted by molar-refractivity contribution is -0.914. The van der Waals surface area contributed by atoms with Crippen LogP contribution in [0.1, 0.15) is 25.7 Å². The fourth-order valence-electron chi connectivity index (χ4n) is 6.28. The summed E-state index contributed by atoms with van der Waals surface area (Å²) in [6, 6.07) is 14.9. The number of rotatable bonds is 9. The number of piperidine rings is 1. The third-order valence-corrected chi connectivity index (χ3v) is 8.58. The summed E-state index contributed by atoms with van der Waals surface area (Å²) in [5.41, 5.74) is 5.18. The monoisotopic (exact) mass is 518 g/mol. The van der Waals surface area contributed by atoms with Gasteiger partial charge in [-0.2, -0.15) is 4.57 Å². The zero-order chi connectivity index (χ0) is 26.0. The van der Waals surface area contributed by atoms with Crippen LogP contribution in [0.25, 0.3) is 33.0 Å². The molecule has 0 spiro atoms. The number of benzene rings is 2. The average molecular weight is 519 g/mol. The van der Waals surface area contributed by atoms with Gasteiger partial charge in [0.1, 0.15) is 31.5 Å². The lowest BCUT2D eigenvalue weighted by atomic mass is 10.1. The van der Waals surface area contributed by atoms with Gasteiger partial charge < -0.3 is 23.7 Å². The van der Waals surface area contributed by atoms with Gasteiger partial charge >= 0.3 is 0 Å². The number of furan rings is 1. The predicted molar refractivity (Wildman–Crippen MR) is 153 cm³/mol. The number of fused-ring (bicyclic) bond motifs is 4. The molecule has 0 radical (unpaired) electrons. The molecule has 0 aliphatic carbocycles. The van der Waals surface area contributed by atoms with Gasteiger partial charge in [-0.25, -0.2) is 0 Å². The van der Waals surface area contributed by atoms with E-state index in [1.165, 1.54) is 43.3 Å². The van der Waals surface area contributed by atoms with Crippen molar-refractivity contribution in [3.8, 4) is 5.75 Å². The summed E-state index contributed by atoms with van der Waals surface area (Å²) in [7, 11) is 4.51. The van der Waals surface area contributed by atoms with Gasteiger partial charge in [-0.05, 0) is 56.5 Å². The lowest BCUT2D eigenvalue weighted by Crippen LogP contribution is -2.50. The van der Waals surface area contributed by atoms with Crippen molar-refractivity contribution >= 4 is 38.7 Å². The Morgan fingerprint density at radius 3 is 2.68 bits per heavy atom. The highest BCUT2D eigenvalue weighted by molar-refractivity contribution is 6.11. The van der Waals surface area contributed by atoms with E-state index in [0.717, 1.165) is 97.0 Å². The summed E-state index contributed by atoms with van der Waals surface area (Å²) in [4.78, 5) is 2.49. The third-order valence-electron chi connectivity index (χ3n) is 8.58. The number of quaternary nitrogens is 1. The number of para-hydroxylation sites is 1. The van der Waals surface area contributed by atoms with Gasteiger partial charge in [0, 0.05) is 25.7 Å². The van der Waals surface area contributed by atoms with Crippen molar-refractivity contribution in [3.05, 3.63) is 42.5 Å². The molecule has 0 unspecified atom stereocenters. The highest BCUT2D eigenvalue weighted by Gasteiger charge is 2.26. The molecular weight excluding hydrogens is 476 g/mol. The molecule has 0 saturated carbocycles. The Morgan fingerprint density at radius 1 is 1.03 bits per heavy atom. The molecule has 2 aliphatic rings. The molecule has 2 aromatic heterocycles. The molecular formula is C31H42N4O3+2. The normalized spacial score (nSPS) is 18.4. The number of likely N-dealkylation sites (N-methyl/N-ethyl adjacent to an activating group) is 1. The molecule has 6 rings (SSSR count). The zero-order valence-corrected chi connectivity index (χ0v) is 23.0. The van der Waals surface area contributed by atoms with Crippen LogP contribution in [0.15, 0.2) is 46.9 Å². The molecule has 0 atom stereocenters. The number of aromatic nitrogens is 1. The molecule has 7 heteroatoms. The number of hydrogen-bond donors (Lipinski definition) is 1. The maximum absolute atomic E-state index is 6.52. The van der Waals surface area contributed by atoms with Gasteiger partial charge in [-0.1, -0.05) is 12.1 Å². The van der Waals surface area contributed by atoms with Gasteiger partial charge in [0.05, 0.1) is 49.8 Å². The second-order valence-corrected chi connectivity index (χ2v) is 11.3. The average Bonchev–Trinajstić information content (AvgIpc) is 3.32. The van der Waals surface area contributed by atoms with Crippen LogP contribution in [0, 0.1) is 0 Å². The summed E-state index contributed by atoms with van der Waals surface area (Å²) < 4.78 is 21.7. The fraction of sp³-hybridized carbons (Fsp3) is 0.516. The van der Waals surface area contributed by atoms with Crippen LogP contribution in [-0.2, 0) is 11.8 Å². The molecule has 38 heavy (non-hydrogen) atoms. The Kier molecular flexibility index (Phi) is 7.41. The van der Waals surface area contributed by atoms with E-state index >= 15 is 0 Å². The maximum Gasteiger partial charge on any atom is 0.261 e. The summed E-state index contributed by atoms with van der Waals surface area (Å²) in [6.07, 6.45) is 5.11. The van der Waals surface area contributed by atoms with Crippen molar-refractivity contribution < 1.29 is 22.9 Å². The minimum Gasteiger partial charge on any atom is -0.488 e. The second kappa shape index (κ2) is 11.1. The molecule has 2 saturated heterocycles. The number of morpholine rings is 1. The molecule has 4 aromatic rings. The van der Waals surface area contributed by atoms with E-state index in [1.807, 2.05) is 0 Å². The van der Waals surface area contributed by atoms with E-state index in [1.54, 1.807) is 0 Å². The smallest absolute Gasteiger partial charge is 0.261 e. The Hall–Kier alpha value is -2.87. The first kappa shape index (κ1) is 25.4. The minimum atomic E-state index is 0.739. The van der Waals surface area contributed by atoms with Crippen molar-refractivity contribution in [1.82, 2.24) is 4.90 Å². The molecule has 202 valence electrons. The molecule has 0 bridgehead atoms. The van der Waals surface area contributed by atoms with Crippen molar-refractivity contribution in [1.29, 1.82) is 0 Å². The van der Waals surface area contributed by atoms with Crippen LogP contribution >= 0.6 is 0 Å². The van der Waals surface area contributed by atoms with Crippen molar-refractivity contribution in [3.63, 3.8) is 0 Å². The number of anilines is 1. The first-order valence-electron chi connectivity index (χ1n) is 14.4. The SMILES string of the molecule is C[n+]1c2ccccc2c(NCCCN2CCOCC2)c2oc3ccc(OCC[N+]4(C)CCCCC4)cc3c21. The Balaban J connectivity index is 1.26. The van der Waals surface area contributed by atoms with Gasteiger partial charge in [-0.3, -0.25) is 4.90 Å². The van der Waals surface area contributed by atoms with E-state index in [9.17, 15) is 0 Å². The molecule has 4 heterocycles. The predicted octanol–water partition coefficient (Wildman–Crippen LogP) is 4.71. The number of aryl methyl sites for hydroxylation is 1. The molecule has 2 aromatic carbocycles. The van der Waals surface area contributed by atoms with Crippen LogP contribution < -0.4 is 14.6 Å². The van der Waals surface area contributed by atoms with Crippen LogP contribution in [0.2, 0.25) is 0 Å². The topological polar surface area (TPSA) is 50.8 Å². The number of hydrogen-bond acceptors (Lipinski definition) is 5. The molecule has 7 nitrogen and oxygen atoms in total. The van der Waals surface area contributed by atoms with Crippen LogP contribution in [-0.4, -0.2) is 82.1 Å². The largest absolute Gasteiger partial charge is 0.488 e. The fourth-order valence-corrected chi connectivity index (χ4v) is 6.28. The first-order chi connectivity index (χ1) is 18.6. The lowest BCUT2D eigenvalue weighted by Gasteiger charge is -2.37. The third kappa shape index (κ3) is 5.20. The van der Waals surface area contributed by atoms with Gasteiger partial charge in [-0.15, -0.1) is 0 Å². The summed E-state index contributed by atoms with van der Waals surface area (Å²) in [5.74, 6) is 0.914. The van der Waals surface area contributed by atoms with Gasteiger partial charge in [0.2, 0.25) is 11.1 Å². The number of pyridine rings is 1. The van der Waals surface area contributed by atoms with E-state index in [0.29, 0.717) is 0 Å². The van der Waals surface area contributed by atoms with Crippen LogP contribution in [0.4, 0.5) is 5.69 Å².